The summed E-state index contributed by atoms with van der Waals surface area (Å²) in [5.74, 6) is -3.19. The van der Waals surface area contributed by atoms with Crippen molar-refractivity contribution in [2.75, 3.05) is 13.1 Å². The van der Waals surface area contributed by atoms with Crippen molar-refractivity contribution in [3.63, 3.8) is 0 Å². The van der Waals surface area contributed by atoms with Gasteiger partial charge in [-0.3, -0.25) is 4.90 Å². The summed E-state index contributed by atoms with van der Waals surface area (Å²) in [6.07, 6.45) is 3.10. The third-order valence-electron chi connectivity index (χ3n) is 5.58. The topological polar surface area (TPSA) is 19.0 Å². The second kappa shape index (κ2) is 7.61. The van der Waals surface area contributed by atoms with E-state index in [0.29, 0.717) is 37.5 Å². The fraction of sp³-hybridized carbons (Fsp3) is 0.364. The number of likely N-dealkylation sites (tertiary alicyclic amines) is 1. The molecule has 1 fully saturated rings. The van der Waals surface area contributed by atoms with Crippen LogP contribution in [0.15, 0.2) is 54.7 Å². The van der Waals surface area contributed by atoms with E-state index in [2.05, 4.69) is 9.88 Å². The van der Waals surface area contributed by atoms with Crippen LogP contribution in [0.5, 0.6) is 0 Å². The molecule has 0 radical (unpaired) electrons. The fourth-order valence-corrected chi connectivity index (χ4v) is 4.18. The van der Waals surface area contributed by atoms with E-state index >= 15 is 0 Å². The van der Waals surface area contributed by atoms with Crippen LogP contribution in [0.2, 0.25) is 5.02 Å². The second-order valence-electron chi connectivity index (χ2n) is 7.47. The summed E-state index contributed by atoms with van der Waals surface area (Å²) in [6, 6.07) is 15.7. The molecule has 1 saturated heterocycles. The number of fused-ring (bicyclic) bond motifs is 1. The monoisotopic (exact) mass is 388 g/mol. The van der Waals surface area contributed by atoms with Crippen LogP contribution in [0, 0.1) is 5.92 Å². The SMILES string of the molecule is FC1(F)CCN(Cc2c[nH]c3cc(Cl)ccc23)C[C@@H]1CCc1ccccc1. The molecule has 0 bridgehead atoms. The Kier molecular flexibility index (Phi) is 5.20. The predicted octanol–water partition coefficient (Wildman–Crippen LogP) is 5.91. The van der Waals surface area contributed by atoms with Crippen LogP contribution >= 0.6 is 11.6 Å². The van der Waals surface area contributed by atoms with Crippen molar-refractivity contribution in [2.45, 2.75) is 31.7 Å². The lowest BCUT2D eigenvalue weighted by Crippen LogP contribution is -2.46. The lowest BCUT2D eigenvalue weighted by Gasteiger charge is -2.38. The number of halogens is 3. The molecule has 1 N–H and O–H groups in total. The standard InChI is InChI=1S/C22H23ClF2N2/c23-19-8-9-20-17(13-26-21(20)12-19)14-27-11-10-22(24,25)18(15-27)7-6-16-4-2-1-3-5-16/h1-5,8-9,12-13,18,26H,6-7,10-11,14-15H2/t18-/m0/s1. The summed E-state index contributed by atoms with van der Waals surface area (Å²) in [6.45, 7) is 1.54. The van der Waals surface area contributed by atoms with Crippen LogP contribution in [0.4, 0.5) is 8.78 Å². The van der Waals surface area contributed by atoms with Crippen molar-refractivity contribution >= 4 is 22.5 Å². The zero-order valence-electron chi connectivity index (χ0n) is 15.1. The van der Waals surface area contributed by atoms with Gasteiger partial charge in [0.25, 0.3) is 5.92 Å². The zero-order chi connectivity index (χ0) is 18.9. The molecule has 0 aliphatic carbocycles. The van der Waals surface area contributed by atoms with E-state index < -0.39 is 11.8 Å². The van der Waals surface area contributed by atoms with Crippen molar-refractivity contribution in [2.24, 2.45) is 5.92 Å². The Morgan fingerprint density at radius 2 is 1.96 bits per heavy atom. The van der Waals surface area contributed by atoms with Gasteiger partial charge in [-0.25, -0.2) is 8.78 Å². The third kappa shape index (κ3) is 4.17. The molecule has 5 heteroatoms. The maximum Gasteiger partial charge on any atom is 0.253 e. The van der Waals surface area contributed by atoms with Gasteiger partial charge in [-0.1, -0.05) is 48.0 Å². The smallest absolute Gasteiger partial charge is 0.253 e. The minimum absolute atomic E-state index is 0.0688. The molecular formula is C22H23ClF2N2. The first-order chi connectivity index (χ1) is 13.0. The number of piperidine rings is 1. The quantitative estimate of drug-likeness (QED) is 0.575. The molecule has 1 aromatic heterocycles. The molecule has 0 amide bonds. The average molecular weight is 389 g/mol. The van der Waals surface area contributed by atoms with Gasteiger partial charge in [0.15, 0.2) is 0 Å². The Bertz CT molecular complexity index is 907. The lowest BCUT2D eigenvalue weighted by atomic mass is 9.88. The highest BCUT2D eigenvalue weighted by molar-refractivity contribution is 6.31. The van der Waals surface area contributed by atoms with Gasteiger partial charge in [-0.15, -0.1) is 0 Å². The van der Waals surface area contributed by atoms with Crippen LogP contribution in [-0.4, -0.2) is 28.9 Å². The van der Waals surface area contributed by atoms with E-state index in [1.165, 1.54) is 0 Å². The number of hydrogen-bond donors (Lipinski definition) is 1. The Labute approximate surface area is 163 Å². The Morgan fingerprint density at radius 3 is 2.78 bits per heavy atom. The van der Waals surface area contributed by atoms with Crippen molar-refractivity contribution < 1.29 is 8.78 Å². The summed E-state index contributed by atoms with van der Waals surface area (Å²) in [5.41, 5.74) is 3.24. The fourth-order valence-electron chi connectivity index (χ4n) is 4.01. The summed E-state index contributed by atoms with van der Waals surface area (Å²) in [4.78, 5) is 5.39. The van der Waals surface area contributed by atoms with E-state index in [-0.39, 0.29) is 6.42 Å². The molecule has 27 heavy (non-hydrogen) atoms. The Morgan fingerprint density at radius 1 is 1.15 bits per heavy atom. The van der Waals surface area contributed by atoms with Crippen molar-refractivity contribution in [1.29, 1.82) is 0 Å². The lowest BCUT2D eigenvalue weighted by molar-refractivity contribution is -0.109. The molecule has 1 aliphatic rings. The first-order valence-electron chi connectivity index (χ1n) is 9.41. The molecule has 2 heterocycles. The first-order valence-corrected chi connectivity index (χ1v) is 9.79. The molecule has 142 valence electrons. The summed E-state index contributed by atoms with van der Waals surface area (Å²) in [5, 5.41) is 1.80. The number of benzene rings is 2. The van der Waals surface area contributed by atoms with Crippen molar-refractivity contribution in [3.05, 3.63) is 70.9 Å². The number of nitrogens with one attached hydrogen (secondary N) is 1. The van der Waals surface area contributed by atoms with E-state index in [4.69, 9.17) is 11.6 Å². The first kappa shape index (κ1) is 18.5. The Hall–Kier alpha value is -1.91. The molecule has 3 aromatic rings. The molecule has 1 aliphatic heterocycles. The normalized spacial score (nSPS) is 20.2. The molecule has 4 rings (SSSR count). The van der Waals surface area contributed by atoms with Gasteiger partial charge < -0.3 is 4.98 Å². The number of rotatable bonds is 5. The van der Waals surface area contributed by atoms with Gasteiger partial charge in [-0.05, 0) is 36.1 Å². The van der Waals surface area contributed by atoms with E-state index in [1.807, 2.05) is 54.7 Å². The van der Waals surface area contributed by atoms with Crippen LogP contribution in [0.3, 0.4) is 0 Å². The second-order valence-corrected chi connectivity index (χ2v) is 7.91. The number of hydrogen-bond acceptors (Lipinski definition) is 1. The molecule has 0 spiro atoms. The van der Waals surface area contributed by atoms with E-state index in [1.54, 1.807) is 0 Å². The summed E-state index contributed by atoms with van der Waals surface area (Å²) < 4.78 is 28.9. The van der Waals surface area contributed by atoms with Gasteiger partial charge in [0, 0.05) is 54.1 Å². The maximum atomic E-state index is 14.5. The molecule has 2 aromatic carbocycles. The van der Waals surface area contributed by atoms with E-state index in [0.717, 1.165) is 22.0 Å². The number of aryl methyl sites for hydroxylation is 1. The predicted molar refractivity (Wildman–Crippen MR) is 106 cm³/mol. The van der Waals surface area contributed by atoms with Crippen LogP contribution in [-0.2, 0) is 13.0 Å². The van der Waals surface area contributed by atoms with Gasteiger partial charge in [0.05, 0.1) is 0 Å². The number of nitrogens with zero attached hydrogens (tertiary/aromatic N) is 1. The number of alkyl halides is 2. The van der Waals surface area contributed by atoms with Crippen LogP contribution in [0.1, 0.15) is 24.0 Å². The van der Waals surface area contributed by atoms with Crippen molar-refractivity contribution in [3.8, 4) is 0 Å². The van der Waals surface area contributed by atoms with Gasteiger partial charge in [0.1, 0.15) is 0 Å². The molecular weight excluding hydrogens is 366 g/mol. The number of aromatic nitrogens is 1. The van der Waals surface area contributed by atoms with Gasteiger partial charge >= 0.3 is 0 Å². The maximum absolute atomic E-state index is 14.5. The minimum Gasteiger partial charge on any atom is -0.361 e. The van der Waals surface area contributed by atoms with Crippen LogP contribution in [0.25, 0.3) is 10.9 Å². The van der Waals surface area contributed by atoms with E-state index in [9.17, 15) is 8.78 Å². The highest BCUT2D eigenvalue weighted by Gasteiger charge is 2.43. The minimum atomic E-state index is -2.58. The van der Waals surface area contributed by atoms with Gasteiger partial charge in [-0.2, -0.15) is 0 Å². The molecule has 2 nitrogen and oxygen atoms in total. The zero-order valence-corrected chi connectivity index (χ0v) is 15.9. The molecule has 0 saturated carbocycles. The highest BCUT2D eigenvalue weighted by atomic mass is 35.5. The average Bonchev–Trinajstić information content (AvgIpc) is 3.04. The summed E-state index contributed by atoms with van der Waals surface area (Å²) >= 11 is 6.04. The Balaban J connectivity index is 1.44. The highest BCUT2D eigenvalue weighted by Crippen LogP contribution is 2.37. The van der Waals surface area contributed by atoms with Crippen molar-refractivity contribution in [1.82, 2.24) is 9.88 Å². The molecule has 1 atom stereocenters. The summed E-state index contributed by atoms with van der Waals surface area (Å²) in [7, 11) is 0. The largest absolute Gasteiger partial charge is 0.361 e. The van der Waals surface area contributed by atoms with Crippen LogP contribution < -0.4 is 0 Å². The number of H-pyrrole nitrogens is 1. The van der Waals surface area contributed by atoms with Gasteiger partial charge in [0.2, 0.25) is 0 Å². The third-order valence-corrected chi connectivity index (χ3v) is 5.82. The number of aromatic amines is 1. The molecule has 0 unspecified atom stereocenters.